The number of hydrogen-bond acceptors (Lipinski definition) is 2. The Kier molecular flexibility index (Phi) is 4.83. The zero-order valence-electron chi connectivity index (χ0n) is 9.86. The van der Waals surface area contributed by atoms with Crippen molar-refractivity contribution in [2.24, 2.45) is 5.92 Å². The largest absolute Gasteiger partial charge is 0.508 e. The van der Waals surface area contributed by atoms with Gasteiger partial charge in [0.25, 0.3) is 5.91 Å². The van der Waals surface area contributed by atoms with Crippen LogP contribution < -0.4 is 5.32 Å². The molecule has 3 nitrogen and oxygen atoms in total. The molecule has 0 fully saturated rings. The van der Waals surface area contributed by atoms with Gasteiger partial charge >= 0.3 is 0 Å². The van der Waals surface area contributed by atoms with E-state index in [-0.39, 0.29) is 11.7 Å². The molecule has 88 valence electrons. The summed E-state index contributed by atoms with van der Waals surface area (Å²) in [5, 5.41) is 12.0. The summed E-state index contributed by atoms with van der Waals surface area (Å²) in [5.41, 5.74) is 0.587. The van der Waals surface area contributed by atoms with Crippen molar-refractivity contribution in [2.45, 2.75) is 26.7 Å². The molecule has 0 saturated heterocycles. The van der Waals surface area contributed by atoms with Crippen LogP contribution in [0.1, 0.15) is 37.0 Å². The molecule has 0 spiro atoms. The van der Waals surface area contributed by atoms with Crippen molar-refractivity contribution in [3.05, 3.63) is 29.8 Å². The van der Waals surface area contributed by atoms with Gasteiger partial charge in [0, 0.05) is 12.1 Å². The zero-order valence-corrected chi connectivity index (χ0v) is 9.86. The summed E-state index contributed by atoms with van der Waals surface area (Å²) in [7, 11) is 0. The molecule has 0 aliphatic carbocycles. The predicted molar refractivity (Wildman–Crippen MR) is 64.5 cm³/mol. The summed E-state index contributed by atoms with van der Waals surface area (Å²) < 4.78 is 0. The molecule has 1 aromatic carbocycles. The fraction of sp³-hybridized carbons (Fsp3) is 0.462. The third-order valence-corrected chi connectivity index (χ3v) is 2.84. The highest BCUT2D eigenvalue weighted by atomic mass is 16.3. The molecular formula is C13H19NO2. The van der Waals surface area contributed by atoms with E-state index in [2.05, 4.69) is 19.2 Å². The van der Waals surface area contributed by atoms with Crippen LogP contribution in [-0.2, 0) is 0 Å². The standard InChI is InChI=1S/C13H19NO2/c1-3-10(4-2)9-14-13(16)11-5-7-12(15)8-6-11/h5-8,10,15H,3-4,9H2,1-2H3,(H,14,16). The molecule has 0 aromatic heterocycles. The van der Waals surface area contributed by atoms with Crippen LogP contribution >= 0.6 is 0 Å². The predicted octanol–water partition coefficient (Wildman–Crippen LogP) is 2.56. The number of nitrogens with one attached hydrogen (secondary N) is 1. The summed E-state index contributed by atoms with van der Waals surface area (Å²) in [5.74, 6) is 0.643. The van der Waals surface area contributed by atoms with E-state index in [1.54, 1.807) is 12.1 Å². The highest BCUT2D eigenvalue weighted by molar-refractivity contribution is 5.94. The summed E-state index contributed by atoms with van der Waals surface area (Å²) in [6.07, 6.45) is 2.15. The highest BCUT2D eigenvalue weighted by Gasteiger charge is 2.08. The van der Waals surface area contributed by atoms with Gasteiger partial charge < -0.3 is 10.4 Å². The van der Waals surface area contributed by atoms with E-state index in [4.69, 9.17) is 5.11 Å². The van der Waals surface area contributed by atoms with Crippen LogP contribution in [0.25, 0.3) is 0 Å². The van der Waals surface area contributed by atoms with Crippen LogP contribution in [0.3, 0.4) is 0 Å². The summed E-state index contributed by atoms with van der Waals surface area (Å²) in [6.45, 7) is 4.97. The van der Waals surface area contributed by atoms with Crippen LogP contribution in [0, 0.1) is 5.92 Å². The molecular weight excluding hydrogens is 202 g/mol. The first-order valence-electron chi connectivity index (χ1n) is 5.74. The van der Waals surface area contributed by atoms with E-state index in [0.717, 1.165) is 12.8 Å². The molecule has 0 radical (unpaired) electrons. The number of carbonyl (C=O) groups excluding carboxylic acids is 1. The average molecular weight is 221 g/mol. The van der Waals surface area contributed by atoms with Crippen molar-refractivity contribution in [3.63, 3.8) is 0 Å². The van der Waals surface area contributed by atoms with Crippen LogP contribution in [0.2, 0.25) is 0 Å². The Balaban J connectivity index is 2.49. The summed E-state index contributed by atoms with van der Waals surface area (Å²) >= 11 is 0. The third-order valence-electron chi connectivity index (χ3n) is 2.84. The van der Waals surface area contributed by atoms with Crippen LogP contribution in [0.4, 0.5) is 0 Å². The SMILES string of the molecule is CCC(CC)CNC(=O)c1ccc(O)cc1. The molecule has 0 atom stereocenters. The summed E-state index contributed by atoms with van der Waals surface area (Å²) in [6, 6.07) is 6.28. The maximum atomic E-state index is 11.7. The molecule has 1 amide bonds. The van der Waals surface area contributed by atoms with Crippen LogP contribution in [0.15, 0.2) is 24.3 Å². The summed E-state index contributed by atoms with van der Waals surface area (Å²) in [4.78, 5) is 11.7. The molecule has 0 heterocycles. The number of benzene rings is 1. The minimum absolute atomic E-state index is 0.0769. The lowest BCUT2D eigenvalue weighted by molar-refractivity contribution is 0.0946. The van der Waals surface area contributed by atoms with E-state index in [0.29, 0.717) is 18.0 Å². The molecule has 0 bridgehead atoms. The van der Waals surface area contributed by atoms with Crippen molar-refractivity contribution >= 4 is 5.91 Å². The number of amides is 1. The van der Waals surface area contributed by atoms with Gasteiger partial charge in [0.2, 0.25) is 0 Å². The molecule has 0 aliphatic heterocycles. The van der Waals surface area contributed by atoms with Crippen molar-refractivity contribution in [2.75, 3.05) is 6.54 Å². The lowest BCUT2D eigenvalue weighted by atomic mass is 10.0. The van der Waals surface area contributed by atoms with Gasteiger partial charge in [0.05, 0.1) is 0 Å². The minimum Gasteiger partial charge on any atom is -0.508 e. The Morgan fingerprint density at radius 1 is 1.25 bits per heavy atom. The van der Waals surface area contributed by atoms with E-state index >= 15 is 0 Å². The average Bonchev–Trinajstić information content (AvgIpc) is 2.31. The van der Waals surface area contributed by atoms with Crippen molar-refractivity contribution < 1.29 is 9.90 Å². The van der Waals surface area contributed by atoms with Gasteiger partial charge in [-0.1, -0.05) is 26.7 Å². The first-order chi connectivity index (χ1) is 7.67. The fourth-order valence-electron chi connectivity index (χ4n) is 1.53. The Morgan fingerprint density at radius 3 is 2.31 bits per heavy atom. The Bertz CT molecular complexity index is 328. The monoisotopic (exact) mass is 221 g/mol. The first-order valence-corrected chi connectivity index (χ1v) is 5.74. The van der Waals surface area contributed by atoms with Gasteiger partial charge in [-0.3, -0.25) is 4.79 Å². The maximum Gasteiger partial charge on any atom is 0.251 e. The van der Waals surface area contributed by atoms with Gasteiger partial charge in [0.15, 0.2) is 0 Å². The van der Waals surface area contributed by atoms with Gasteiger partial charge in [-0.2, -0.15) is 0 Å². The Hall–Kier alpha value is -1.51. The highest BCUT2D eigenvalue weighted by Crippen LogP contribution is 2.10. The number of phenols is 1. The number of carbonyl (C=O) groups is 1. The maximum absolute atomic E-state index is 11.7. The number of phenolic OH excluding ortho intramolecular Hbond substituents is 1. The topological polar surface area (TPSA) is 49.3 Å². The third kappa shape index (κ3) is 3.57. The second-order valence-corrected chi connectivity index (χ2v) is 3.94. The van der Waals surface area contributed by atoms with E-state index < -0.39 is 0 Å². The smallest absolute Gasteiger partial charge is 0.251 e. The van der Waals surface area contributed by atoms with Crippen LogP contribution in [-0.4, -0.2) is 17.6 Å². The molecule has 1 aromatic rings. The molecule has 0 saturated carbocycles. The normalized spacial score (nSPS) is 10.4. The quantitative estimate of drug-likeness (QED) is 0.802. The van der Waals surface area contributed by atoms with E-state index in [1.807, 2.05) is 0 Å². The number of rotatable bonds is 5. The molecule has 16 heavy (non-hydrogen) atoms. The van der Waals surface area contributed by atoms with Crippen molar-refractivity contribution in [1.82, 2.24) is 5.32 Å². The molecule has 0 aliphatic rings. The Labute approximate surface area is 96.5 Å². The molecule has 3 heteroatoms. The van der Waals surface area contributed by atoms with Gasteiger partial charge in [-0.05, 0) is 30.2 Å². The zero-order chi connectivity index (χ0) is 12.0. The number of aromatic hydroxyl groups is 1. The first kappa shape index (κ1) is 12.6. The fourth-order valence-corrected chi connectivity index (χ4v) is 1.53. The molecule has 0 unspecified atom stereocenters. The second kappa shape index (κ2) is 6.16. The van der Waals surface area contributed by atoms with E-state index in [1.165, 1.54) is 12.1 Å². The number of hydrogen-bond donors (Lipinski definition) is 2. The second-order valence-electron chi connectivity index (χ2n) is 3.94. The van der Waals surface area contributed by atoms with Crippen LogP contribution in [0.5, 0.6) is 5.75 Å². The molecule has 2 N–H and O–H groups in total. The lowest BCUT2D eigenvalue weighted by Gasteiger charge is -2.13. The van der Waals surface area contributed by atoms with Crippen molar-refractivity contribution in [3.8, 4) is 5.75 Å². The van der Waals surface area contributed by atoms with E-state index in [9.17, 15) is 4.79 Å². The minimum atomic E-state index is -0.0769. The van der Waals surface area contributed by atoms with Crippen molar-refractivity contribution in [1.29, 1.82) is 0 Å². The Morgan fingerprint density at radius 2 is 1.81 bits per heavy atom. The lowest BCUT2D eigenvalue weighted by Crippen LogP contribution is -2.28. The van der Waals surface area contributed by atoms with Gasteiger partial charge in [-0.25, -0.2) is 0 Å². The van der Waals surface area contributed by atoms with Gasteiger partial charge in [0.1, 0.15) is 5.75 Å². The van der Waals surface area contributed by atoms with Gasteiger partial charge in [-0.15, -0.1) is 0 Å². The molecule has 1 rings (SSSR count).